The highest BCUT2D eigenvalue weighted by molar-refractivity contribution is 6.31. The molecule has 0 aromatic carbocycles. The topological polar surface area (TPSA) is 0 Å². The van der Waals surface area contributed by atoms with Gasteiger partial charge in [0.25, 0.3) is 0 Å². The summed E-state index contributed by atoms with van der Waals surface area (Å²) in [4.78, 5) is 0. The zero-order chi connectivity index (χ0) is 7.98. The molecule has 0 N–H and O–H groups in total. The van der Waals surface area contributed by atoms with Crippen LogP contribution >= 0.6 is 11.6 Å². The number of allylic oxidation sites excluding steroid dienone is 4. The van der Waals surface area contributed by atoms with E-state index in [0.717, 1.165) is 11.5 Å². The van der Waals surface area contributed by atoms with E-state index < -0.39 is 0 Å². The molecule has 0 amide bonds. The molecule has 0 aliphatic carbocycles. The van der Waals surface area contributed by atoms with Gasteiger partial charge in [-0.05, 0) is 6.42 Å². The van der Waals surface area contributed by atoms with Gasteiger partial charge in [0.05, 0.1) is 7.85 Å². The normalized spacial score (nSPS) is 13.8. The molecule has 0 spiro atoms. The maximum Gasteiger partial charge on any atom is 0.113 e. The summed E-state index contributed by atoms with van der Waals surface area (Å²) in [6, 6.07) is 0. The standard InChI is InChI=1S/C7H9B2Cl/c1-2-7(10)5-6(9)3-4-8/h3,5H,2,4H2,1H3/b6-3+,7-5+. The van der Waals surface area contributed by atoms with E-state index in [0.29, 0.717) is 11.8 Å². The Morgan fingerprint density at radius 3 is 2.60 bits per heavy atom. The smallest absolute Gasteiger partial charge is 0.100 e. The first kappa shape index (κ1) is 9.90. The lowest BCUT2D eigenvalue weighted by atomic mass is 9.90. The molecule has 0 aromatic heterocycles. The van der Waals surface area contributed by atoms with Crippen molar-refractivity contribution in [1.29, 1.82) is 0 Å². The van der Waals surface area contributed by atoms with Crippen LogP contribution in [0.5, 0.6) is 0 Å². The maximum atomic E-state index is 5.70. The molecular formula is C7H9B2Cl. The van der Waals surface area contributed by atoms with Gasteiger partial charge < -0.3 is 0 Å². The molecule has 0 nitrogen and oxygen atoms in total. The van der Waals surface area contributed by atoms with Crippen molar-refractivity contribution >= 4 is 27.3 Å². The molecular weight excluding hydrogens is 141 g/mol. The molecule has 0 heterocycles. The fourth-order valence-electron chi connectivity index (χ4n) is 0.478. The SMILES string of the molecule is [B]C/C=C([B])\C=C(\Cl)CC. The van der Waals surface area contributed by atoms with Gasteiger partial charge in [-0.3, -0.25) is 0 Å². The Hall–Kier alpha value is -0.100. The molecule has 0 rings (SSSR count). The first-order chi connectivity index (χ1) is 4.70. The van der Waals surface area contributed by atoms with Gasteiger partial charge in [-0.25, -0.2) is 0 Å². The summed E-state index contributed by atoms with van der Waals surface area (Å²) in [7, 11) is 10.7. The Balaban J connectivity index is 3.98. The molecule has 50 valence electrons. The second-order valence-electron chi connectivity index (χ2n) is 1.88. The zero-order valence-corrected chi connectivity index (χ0v) is 6.86. The molecule has 0 saturated heterocycles. The molecule has 10 heavy (non-hydrogen) atoms. The summed E-state index contributed by atoms with van der Waals surface area (Å²) < 4.78 is 0. The van der Waals surface area contributed by atoms with Crippen LogP contribution in [0.2, 0.25) is 6.32 Å². The average Bonchev–Trinajstić information content (AvgIpc) is 1.88. The van der Waals surface area contributed by atoms with Crippen LogP contribution in [-0.2, 0) is 0 Å². The first-order valence-corrected chi connectivity index (χ1v) is 3.60. The molecule has 0 unspecified atom stereocenters. The van der Waals surface area contributed by atoms with Gasteiger partial charge in [0, 0.05) is 5.03 Å². The van der Waals surface area contributed by atoms with Crippen LogP contribution in [0, 0.1) is 0 Å². The lowest BCUT2D eigenvalue weighted by molar-refractivity contribution is 1.19. The Morgan fingerprint density at radius 1 is 1.60 bits per heavy atom. The molecule has 0 fully saturated rings. The Bertz CT molecular complexity index is 150. The third-order valence-corrected chi connectivity index (χ3v) is 1.39. The van der Waals surface area contributed by atoms with E-state index in [1.165, 1.54) is 0 Å². The quantitative estimate of drug-likeness (QED) is 0.427. The number of hydrogen-bond acceptors (Lipinski definition) is 0. The van der Waals surface area contributed by atoms with Crippen molar-refractivity contribution in [1.82, 2.24) is 0 Å². The van der Waals surface area contributed by atoms with Gasteiger partial charge in [-0.15, -0.1) is 11.5 Å². The molecule has 3 heteroatoms. The summed E-state index contributed by atoms with van der Waals surface area (Å²) in [6.07, 6.45) is 4.70. The Labute approximate surface area is 70.2 Å². The lowest BCUT2D eigenvalue weighted by Gasteiger charge is -1.93. The minimum Gasteiger partial charge on any atom is -0.100 e. The van der Waals surface area contributed by atoms with Crippen LogP contribution < -0.4 is 0 Å². The van der Waals surface area contributed by atoms with Gasteiger partial charge in [-0.1, -0.05) is 30.9 Å². The molecule has 0 saturated carbocycles. The van der Waals surface area contributed by atoms with Crippen LogP contribution in [0.15, 0.2) is 22.7 Å². The van der Waals surface area contributed by atoms with Crippen LogP contribution in [0.3, 0.4) is 0 Å². The van der Waals surface area contributed by atoms with Gasteiger partial charge >= 0.3 is 0 Å². The van der Waals surface area contributed by atoms with E-state index in [4.69, 9.17) is 27.3 Å². The third kappa shape index (κ3) is 4.75. The highest BCUT2D eigenvalue weighted by Gasteiger charge is 1.86. The fourth-order valence-corrected chi connectivity index (χ4v) is 0.604. The molecule has 0 aromatic rings. The van der Waals surface area contributed by atoms with Gasteiger partial charge in [0.15, 0.2) is 0 Å². The minimum absolute atomic E-state index is 0.455. The molecule has 4 radical (unpaired) electrons. The van der Waals surface area contributed by atoms with E-state index in [2.05, 4.69) is 0 Å². The van der Waals surface area contributed by atoms with E-state index in [-0.39, 0.29) is 0 Å². The highest BCUT2D eigenvalue weighted by atomic mass is 35.5. The number of hydrogen-bond donors (Lipinski definition) is 0. The second-order valence-corrected chi connectivity index (χ2v) is 2.37. The molecule has 0 aliphatic heterocycles. The first-order valence-electron chi connectivity index (χ1n) is 3.22. The van der Waals surface area contributed by atoms with Gasteiger partial charge in [-0.2, -0.15) is 0 Å². The van der Waals surface area contributed by atoms with Crippen molar-refractivity contribution in [2.45, 2.75) is 19.7 Å². The van der Waals surface area contributed by atoms with Crippen LogP contribution in [0.4, 0.5) is 0 Å². The van der Waals surface area contributed by atoms with Gasteiger partial charge in [0.2, 0.25) is 0 Å². The van der Waals surface area contributed by atoms with Crippen molar-refractivity contribution in [2.24, 2.45) is 0 Å². The van der Waals surface area contributed by atoms with Crippen LogP contribution in [0.1, 0.15) is 13.3 Å². The van der Waals surface area contributed by atoms with Crippen molar-refractivity contribution in [2.75, 3.05) is 0 Å². The molecule has 0 bridgehead atoms. The van der Waals surface area contributed by atoms with Crippen molar-refractivity contribution in [3.05, 3.63) is 22.7 Å². The lowest BCUT2D eigenvalue weighted by Crippen LogP contribution is -1.77. The maximum absolute atomic E-state index is 5.70. The predicted octanol–water partition coefficient (Wildman–Crippen LogP) is 2.16. The van der Waals surface area contributed by atoms with Crippen molar-refractivity contribution in [3.8, 4) is 0 Å². The minimum atomic E-state index is 0.455. The Kier molecular flexibility index (Phi) is 5.61. The molecule has 0 aliphatic rings. The zero-order valence-electron chi connectivity index (χ0n) is 6.10. The molecule has 0 atom stereocenters. The van der Waals surface area contributed by atoms with E-state index in [1.54, 1.807) is 12.2 Å². The predicted molar refractivity (Wildman–Crippen MR) is 48.6 cm³/mol. The van der Waals surface area contributed by atoms with Gasteiger partial charge in [0.1, 0.15) is 7.85 Å². The monoisotopic (exact) mass is 150 g/mol. The average molecular weight is 150 g/mol. The summed E-state index contributed by atoms with van der Waals surface area (Å²) in [6.45, 7) is 1.97. The Morgan fingerprint density at radius 2 is 2.20 bits per heavy atom. The summed E-state index contributed by atoms with van der Waals surface area (Å²) in [5, 5.41) is 0.752. The summed E-state index contributed by atoms with van der Waals surface area (Å²) in [5.74, 6) is 0. The number of halogens is 1. The summed E-state index contributed by atoms with van der Waals surface area (Å²) in [5.41, 5.74) is 0.634. The highest BCUT2D eigenvalue weighted by Crippen LogP contribution is 2.08. The van der Waals surface area contributed by atoms with Crippen LogP contribution in [-0.4, -0.2) is 15.7 Å². The largest absolute Gasteiger partial charge is 0.113 e. The van der Waals surface area contributed by atoms with E-state index in [1.807, 2.05) is 6.92 Å². The van der Waals surface area contributed by atoms with E-state index in [9.17, 15) is 0 Å². The van der Waals surface area contributed by atoms with E-state index >= 15 is 0 Å². The fraction of sp³-hybridized carbons (Fsp3) is 0.429. The number of rotatable bonds is 3. The second kappa shape index (κ2) is 5.67. The third-order valence-electron chi connectivity index (χ3n) is 1.01. The van der Waals surface area contributed by atoms with Crippen molar-refractivity contribution < 1.29 is 0 Å². The van der Waals surface area contributed by atoms with Crippen LogP contribution in [0.25, 0.3) is 0 Å². The summed E-state index contributed by atoms with van der Waals surface area (Å²) >= 11 is 5.70. The van der Waals surface area contributed by atoms with Crippen molar-refractivity contribution in [3.63, 3.8) is 0 Å².